The molecular formula is C24H23N7O4S2. The van der Waals surface area contributed by atoms with Crippen molar-refractivity contribution in [2.75, 3.05) is 31.9 Å². The number of rotatable bonds is 9. The second-order valence-corrected chi connectivity index (χ2v) is 9.90. The van der Waals surface area contributed by atoms with Gasteiger partial charge >= 0.3 is 5.97 Å². The third kappa shape index (κ3) is 4.87. The number of hydrogen-bond acceptors (Lipinski definition) is 12. The first-order valence-corrected chi connectivity index (χ1v) is 13.1. The number of thioether (sulfide) groups is 1. The van der Waals surface area contributed by atoms with Gasteiger partial charge in [0.05, 0.1) is 26.4 Å². The number of ether oxygens (including phenoxy) is 3. The average molecular weight is 538 g/mol. The molecule has 0 saturated carbocycles. The summed E-state index contributed by atoms with van der Waals surface area (Å²) in [6.07, 6.45) is 0. The van der Waals surface area contributed by atoms with Gasteiger partial charge in [0, 0.05) is 22.6 Å². The standard InChI is InChI=1S/C24H23N7O4S2/c1-4-35-20-15(11-8-12-17(20)33-2)19-18(22(32)34-3)16(25-23-27-29-30-31(19)23)13-36-24-28-26-21(37-24)14-9-6-5-7-10-14/h5-12,19H,4,13H2,1-3H3,(H,25,27,30). The molecule has 13 heteroatoms. The maximum Gasteiger partial charge on any atom is 0.338 e. The van der Waals surface area contributed by atoms with Crippen molar-refractivity contribution in [1.29, 1.82) is 0 Å². The van der Waals surface area contributed by atoms with Crippen molar-refractivity contribution in [2.45, 2.75) is 17.3 Å². The molecular weight excluding hydrogens is 514 g/mol. The lowest BCUT2D eigenvalue weighted by molar-refractivity contribution is -0.136. The predicted octanol–water partition coefficient (Wildman–Crippen LogP) is 3.83. The quantitative estimate of drug-likeness (QED) is 0.247. The Kier molecular flexibility index (Phi) is 7.32. The number of fused-ring (bicyclic) bond motifs is 1. The number of para-hydroxylation sites is 1. The lowest BCUT2D eigenvalue weighted by Gasteiger charge is -2.29. The van der Waals surface area contributed by atoms with Crippen molar-refractivity contribution in [3.05, 3.63) is 65.4 Å². The average Bonchev–Trinajstić information content (AvgIpc) is 3.61. The number of methoxy groups -OCH3 is 2. The Morgan fingerprint density at radius 1 is 1.11 bits per heavy atom. The molecule has 0 bridgehead atoms. The molecule has 2 aromatic heterocycles. The van der Waals surface area contributed by atoms with E-state index >= 15 is 0 Å². The lowest BCUT2D eigenvalue weighted by Crippen LogP contribution is -2.31. The minimum Gasteiger partial charge on any atom is -0.493 e. The van der Waals surface area contributed by atoms with Crippen LogP contribution in [0.5, 0.6) is 11.5 Å². The Morgan fingerprint density at radius 2 is 1.95 bits per heavy atom. The van der Waals surface area contributed by atoms with Crippen LogP contribution in [0.1, 0.15) is 18.5 Å². The lowest BCUT2D eigenvalue weighted by atomic mass is 9.94. The van der Waals surface area contributed by atoms with Crippen LogP contribution in [0.3, 0.4) is 0 Å². The Labute approximate surface area is 220 Å². The van der Waals surface area contributed by atoms with Crippen LogP contribution in [0.15, 0.2) is 64.1 Å². The highest BCUT2D eigenvalue weighted by atomic mass is 32.2. The zero-order valence-electron chi connectivity index (χ0n) is 20.2. The van der Waals surface area contributed by atoms with Gasteiger partial charge < -0.3 is 19.5 Å². The monoisotopic (exact) mass is 537 g/mol. The van der Waals surface area contributed by atoms with Gasteiger partial charge in [-0.25, -0.2) is 4.79 Å². The van der Waals surface area contributed by atoms with Gasteiger partial charge in [0.15, 0.2) is 15.8 Å². The zero-order valence-corrected chi connectivity index (χ0v) is 21.9. The van der Waals surface area contributed by atoms with Crippen molar-refractivity contribution < 1.29 is 19.0 Å². The van der Waals surface area contributed by atoms with E-state index < -0.39 is 12.0 Å². The molecule has 1 atom stereocenters. The molecule has 11 nitrogen and oxygen atoms in total. The molecule has 1 aliphatic rings. The van der Waals surface area contributed by atoms with Gasteiger partial charge in [-0.15, -0.1) is 10.2 Å². The summed E-state index contributed by atoms with van der Waals surface area (Å²) >= 11 is 2.93. The topological polar surface area (TPSA) is 126 Å². The van der Waals surface area contributed by atoms with E-state index in [9.17, 15) is 4.79 Å². The Morgan fingerprint density at radius 3 is 2.70 bits per heavy atom. The van der Waals surface area contributed by atoms with Crippen LogP contribution in [0.4, 0.5) is 5.95 Å². The summed E-state index contributed by atoms with van der Waals surface area (Å²) in [5.41, 5.74) is 2.63. The number of carbonyl (C=O) groups is 1. The van der Waals surface area contributed by atoms with Crippen LogP contribution in [-0.4, -0.2) is 63.0 Å². The maximum absolute atomic E-state index is 13.2. The first-order chi connectivity index (χ1) is 18.1. The number of nitrogens with zero attached hydrogens (tertiary/aromatic N) is 6. The summed E-state index contributed by atoms with van der Waals surface area (Å²) in [5.74, 6) is 1.30. The molecule has 37 heavy (non-hydrogen) atoms. The van der Waals surface area contributed by atoms with E-state index in [0.29, 0.717) is 46.6 Å². The molecule has 0 amide bonds. The molecule has 0 saturated heterocycles. The normalized spacial score (nSPS) is 14.6. The van der Waals surface area contributed by atoms with Crippen LogP contribution in [0.2, 0.25) is 0 Å². The largest absolute Gasteiger partial charge is 0.493 e. The number of aromatic nitrogens is 6. The number of tetrazole rings is 1. The first kappa shape index (κ1) is 24.7. The molecule has 0 radical (unpaired) electrons. The second kappa shape index (κ2) is 11.0. The molecule has 4 aromatic rings. The van der Waals surface area contributed by atoms with Gasteiger partial charge in [-0.3, -0.25) is 0 Å². The minimum atomic E-state index is -0.708. The van der Waals surface area contributed by atoms with E-state index in [1.807, 2.05) is 49.4 Å². The van der Waals surface area contributed by atoms with Crippen molar-refractivity contribution in [3.63, 3.8) is 0 Å². The molecule has 2 aromatic carbocycles. The molecule has 190 valence electrons. The van der Waals surface area contributed by atoms with Gasteiger partial charge in [-0.1, -0.05) is 70.7 Å². The van der Waals surface area contributed by atoms with E-state index in [-0.39, 0.29) is 0 Å². The van der Waals surface area contributed by atoms with Gasteiger partial charge in [0.25, 0.3) is 0 Å². The van der Waals surface area contributed by atoms with Crippen molar-refractivity contribution >= 4 is 35.0 Å². The van der Waals surface area contributed by atoms with Crippen molar-refractivity contribution in [3.8, 4) is 22.1 Å². The Bertz CT molecular complexity index is 1440. The summed E-state index contributed by atoms with van der Waals surface area (Å²) in [7, 11) is 2.91. The van der Waals surface area contributed by atoms with Crippen LogP contribution >= 0.6 is 23.1 Å². The number of carbonyl (C=O) groups excluding carboxylic acids is 1. The fraction of sp³-hybridized carbons (Fsp3) is 0.250. The van der Waals surface area contributed by atoms with E-state index in [1.165, 1.54) is 34.9 Å². The highest BCUT2D eigenvalue weighted by Crippen LogP contribution is 2.43. The summed E-state index contributed by atoms with van der Waals surface area (Å²) in [5, 5.41) is 24.8. The van der Waals surface area contributed by atoms with Gasteiger partial charge in [0.2, 0.25) is 5.95 Å². The Balaban J connectivity index is 1.54. The summed E-state index contributed by atoms with van der Waals surface area (Å²) < 4.78 is 19.0. The third-order valence-corrected chi connectivity index (χ3v) is 7.72. The van der Waals surface area contributed by atoms with Gasteiger partial charge in [-0.05, 0) is 23.4 Å². The zero-order chi connectivity index (χ0) is 25.8. The van der Waals surface area contributed by atoms with Crippen molar-refractivity contribution in [2.24, 2.45) is 0 Å². The van der Waals surface area contributed by atoms with E-state index in [4.69, 9.17) is 14.2 Å². The van der Waals surface area contributed by atoms with Crippen LogP contribution in [0.25, 0.3) is 10.6 Å². The van der Waals surface area contributed by atoms with E-state index in [2.05, 4.69) is 31.0 Å². The number of nitrogens with one attached hydrogen (secondary N) is 1. The third-order valence-electron chi connectivity index (χ3n) is 5.58. The molecule has 5 rings (SSSR count). The van der Waals surface area contributed by atoms with Crippen LogP contribution in [0, 0.1) is 0 Å². The Hall–Kier alpha value is -3.97. The number of esters is 1. The molecule has 1 unspecified atom stereocenters. The molecule has 1 aliphatic heterocycles. The molecule has 0 spiro atoms. The summed E-state index contributed by atoms with van der Waals surface area (Å²) in [4.78, 5) is 13.2. The molecule has 0 fully saturated rings. The number of benzene rings is 2. The predicted molar refractivity (Wildman–Crippen MR) is 139 cm³/mol. The highest BCUT2D eigenvalue weighted by Gasteiger charge is 2.38. The van der Waals surface area contributed by atoms with Crippen LogP contribution in [-0.2, 0) is 9.53 Å². The maximum atomic E-state index is 13.2. The molecule has 3 heterocycles. The summed E-state index contributed by atoms with van der Waals surface area (Å²) in [6.45, 7) is 2.29. The number of anilines is 1. The number of hydrogen-bond donors (Lipinski definition) is 1. The van der Waals surface area contributed by atoms with Crippen LogP contribution < -0.4 is 14.8 Å². The fourth-order valence-corrected chi connectivity index (χ4v) is 5.82. The molecule has 1 N–H and O–H groups in total. The van der Waals surface area contributed by atoms with E-state index in [0.717, 1.165) is 14.9 Å². The minimum absolute atomic E-state index is 0.358. The van der Waals surface area contributed by atoms with Gasteiger partial charge in [-0.2, -0.15) is 4.68 Å². The first-order valence-electron chi connectivity index (χ1n) is 11.3. The summed E-state index contributed by atoms with van der Waals surface area (Å²) in [6, 6.07) is 14.6. The smallest absolute Gasteiger partial charge is 0.338 e. The SMILES string of the molecule is CCOc1c(OC)cccc1C1C(C(=O)OC)=C(CSc2nnc(-c3ccccc3)s2)Nc2nnnn21. The van der Waals surface area contributed by atoms with Gasteiger partial charge in [0.1, 0.15) is 11.0 Å². The highest BCUT2D eigenvalue weighted by molar-refractivity contribution is 8.01. The second-order valence-electron chi connectivity index (χ2n) is 7.70. The fourth-order valence-electron chi connectivity index (χ4n) is 3.99. The molecule has 0 aliphatic carbocycles. The van der Waals surface area contributed by atoms with Crippen molar-refractivity contribution in [1.82, 2.24) is 30.4 Å². The van der Waals surface area contributed by atoms with E-state index in [1.54, 1.807) is 13.2 Å².